The van der Waals surface area contributed by atoms with E-state index >= 15 is 0 Å². The van der Waals surface area contributed by atoms with Gasteiger partial charge in [0.2, 0.25) is 0 Å². The number of benzene rings is 1. The third kappa shape index (κ3) is 3.26. The van der Waals surface area contributed by atoms with Gasteiger partial charge in [0, 0.05) is 10.5 Å². The average Bonchev–Trinajstić information content (AvgIpc) is 2.86. The van der Waals surface area contributed by atoms with Gasteiger partial charge >= 0.3 is 5.97 Å². The van der Waals surface area contributed by atoms with Gasteiger partial charge in [0.05, 0.1) is 17.7 Å². The van der Waals surface area contributed by atoms with Crippen LogP contribution in [0.25, 0.3) is 10.6 Å². The summed E-state index contributed by atoms with van der Waals surface area (Å²) in [4.78, 5) is 15.6. The molecule has 0 aliphatic heterocycles. The lowest BCUT2D eigenvalue weighted by atomic mass is 10.1. The van der Waals surface area contributed by atoms with Crippen LogP contribution in [0.2, 0.25) is 0 Å². The molecule has 1 unspecified atom stereocenters. The number of ether oxygens (including phenoxy) is 1. The molecule has 6 heteroatoms. The fourth-order valence-corrected chi connectivity index (χ4v) is 3.32. The van der Waals surface area contributed by atoms with Gasteiger partial charge in [-0.2, -0.15) is 10.2 Å². The van der Waals surface area contributed by atoms with Crippen LogP contribution >= 0.6 is 10.5 Å². The minimum Gasteiger partial charge on any atom is -0.492 e. The molecule has 0 bridgehead atoms. The van der Waals surface area contributed by atoms with E-state index < -0.39 is 16.4 Å². The van der Waals surface area contributed by atoms with Gasteiger partial charge in [-0.15, -0.1) is 0 Å². The van der Waals surface area contributed by atoms with E-state index in [0.29, 0.717) is 28.8 Å². The molecule has 1 aromatic heterocycles. The van der Waals surface area contributed by atoms with Crippen LogP contribution < -0.4 is 4.74 Å². The Kier molecular flexibility index (Phi) is 4.78. The predicted molar refractivity (Wildman–Crippen MR) is 85.1 cm³/mol. The van der Waals surface area contributed by atoms with Crippen LogP contribution in [-0.2, 0) is 6.26 Å². The fraction of sp³-hybridized carbons (Fsp3) is 0.312. The molecule has 114 valence electrons. The van der Waals surface area contributed by atoms with Gasteiger partial charge in [-0.1, -0.05) is 13.8 Å². The highest BCUT2D eigenvalue weighted by Crippen LogP contribution is 2.35. The highest BCUT2D eigenvalue weighted by Gasteiger charge is 2.25. The number of carboxylic acid groups (broad SMARTS) is 1. The Morgan fingerprint density at radius 1 is 1.50 bits per heavy atom. The van der Waals surface area contributed by atoms with Gasteiger partial charge in [-0.05, 0) is 24.1 Å². The molecule has 0 spiro atoms. The molecule has 1 aromatic carbocycles. The molecule has 2 aromatic rings. The molecular weight excluding hydrogens is 300 g/mol. The van der Waals surface area contributed by atoms with Crippen LogP contribution in [-0.4, -0.2) is 22.7 Å². The lowest BCUT2D eigenvalue weighted by Gasteiger charge is -2.10. The van der Waals surface area contributed by atoms with E-state index in [2.05, 4.69) is 11.1 Å². The lowest BCUT2D eigenvalue weighted by Crippen LogP contribution is -2.05. The Labute approximate surface area is 131 Å². The van der Waals surface area contributed by atoms with Gasteiger partial charge in [-0.3, -0.25) is 0 Å². The molecule has 0 fully saturated rings. The quantitative estimate of drug-likeness (QED) is 0.851. The summed E-state index contributed by atoms with van der Waals surface area (Å²) in [5, 5.41) is 19.1. The van der Waals surface area contributed by atoms with E-state index in [1.807, 2.05) is 26.2 Å². The highest BCUT2D eigenvalue weighted by atomic mass is 32.2. The maximum atomic E-state index is 11.1. The summed E-state index contributed by atoms with van der Waals surface area (Å²) in [6, 6.07) is 7.39. The van der Waals surface area contributed by atoms with Crippen molar-refractivity contribution in [1.82, 2.24) is 4.98 Å². The molecular formula is C16H17N2O3S+. The van der Waals surface area contributed by atoms with E-state index in [1.165, 1.54) is 6.20 Å². The third-order valence-corrected chi connectivity index (χ3v) is 4.91. The summed E-state index contributed by atoms with van der Waals surface area (Å²) >= 11 is 0. The number of hydrogen-bond acceptors (Lipinski definition) is 4. The highest BCUT2D eigenvalue weighted by molar-refractivity contribution is 7.33. The average molecular weight is 317 g/mol. The number of aromatic carboxylic acids is 1. The number of aromatic nitrogens is 1. The molecule has 0 aliphatic carbocycles. The van der Waals surface area contributed by atoms with Crippen molar-refractivity contribution in [3.05, 3.63) is 34.8 Å². The second kappa shape index (κ2) is 6.58. The number of rotatable bonds is 5. The maximum absolute atomic E-state index is 11.1. The molecule has 22 heavy (non-hydrogen) atoms. The number of carboxylic acids is 1. The molecule has 0 aliphatic rings. The second-order valence-electron chi connectivity index (χ2n) is 5.27. The van der Waals surface area contributed by atoms with Crippen LogP contribution in [0.3, 0.4) is 0 Å². The lowest BCUT2D eigenvalue weighted by molar-refractivity contribution is 0.0701. The summed E-state index contributed by atoms with van der Waals surface area (Å²) in [5.41, 5.74) is 1.19. The van der Waals surface area contributed by atoms with Crippen molar-refractivity contribution < 1.29 is 14.6 Å². The number of thiazole rings is 1. The first-order chi connectivity index (χ1) is 10.4. The standard InChI is InChI=1S/C16H16N2O3S/c1-10(2)9-21-13-5-4-11(6-12(13)7-17)15-18-8-14(16(19)20)22(15)3/h4-6,8,10H,9H2,1-3H3/p+1. The summed E-state index contributed by atoms with van der Waals surface area (Å²) in [6.45, 7) is 4.61. The predicted octanol–water partition coefficient (Wildman–Crippen LogP) is 3.64. The van der Waals surface area contributed by atoms with E-state index in [9.17, 15) is 10.1 Å². The Balaban J connectivity index is 2.38. The largest absolute Gasteiger partial charge is 0.492 e. The zero-order valence-electron chi connectivity index (χ0n) is 12.7. The molecule has 0 amide bonds. The SMILES string of the molecule is CC(C)COc1ccc(-c2ncc(C(=O)O)[s+]2C)cc1C#N. The van der Waals surface area contributed by atoms with Gasteiger partial charge in [0.25, 0.3) is 9.88 Å². The molecule has 1 atom stereocenters. The summed E-state index contributed by atoms with van der Waals surface area (Å²) in [6.07, 6.45) is 3.21. The van der Waals surface area contributed by atoms with Crippen molar-refractivity contribution in [2.24, 2.45) is 12.2 Å². The van der Waals surface area contributed by atoms with Crippen molar-refractivity contribution >= 4 is 16.4 Å². The van der Waals surface area contributed by atoms with Crippen LogP contribution in [0.4, 0.5) is 0 Å². The van der Waals surface area contributed by atoms with Crippen molar-refractivity contribution in [3.8, 4) is 22.4 Å². The van der Waals surface area contributed by atoms with E-state index in [1.54, 1.807) is 12.1 Å². The van der Waals surface area contributed by atoms with Gasteiger partial charge in [0.1, 0.15) is 24.3 Å². The number of nitrogens with zero attached hydrogens (tertiary/aromatic N) is 2. The van der Waals surface area contributed by atoms with Crippen molar-refractivity contribution in [2.75, 3.05) is 6.61 Å². The smallest absolute Gasteiger partial charge is 0.390 e. The van der Waals surface area contributed by atoms with Crippen molar-refractivity contribution in [2.45, 2.75) is 13.8 Å². The molecule has 0 saturated heterocycles. The van der Waals surface area contributed by atoms with Crippen LogP contribution in [0.5, 0.6) is 5.75 Å². The minimum absolute atomic E-state index is 0.286. The third-order valence-electron chi connectivity index (χ3n) is 3.05. The Morgan fingerprint density at radius 3 is 2.77 bits per heavy atom. The fourth-order valence-electron chi connectivity index (χ4n) is 1.95. The Hall–Kier alpha value is -2.39. The Bertz CT molecular complexity index is 744. The van der Waals surface area contributed by atoms with Crippen LogP contribution in [0, 0.1) is 17.2 Å². The topological polar surface area (TPSA) is 83.2 Å². The van der Waals surface area contributed by atoms with Crippen molar-refractivity contribution in [1.29, 1.82) is 5.26 Å². The minimum atomic E-state index is -0.957. The van der Waals surface area contributed by atoms with E-state index in [-0.39, 0.29) is 4.88 Å². The molecule has 0 saturated carbocycles. The van der Waals surface area contributed by atoms with E-state index in [4.69, 9.17) is 9.84 Å². The molecule has 1 N–H and O–H groups in total. The van der Waals surface area contributed by atoms with Crippen LogP contribution in [0.1, 0.15) is 29.1 Å². The zero-order chi connectivity index (χ0) is 16.3. The first-order valence-electron chi connectivity index (χ1n) is 6.78. The summed E-state index contributed by atoms with van der Waals surface area (Å²) in [5.74, 6) is -0.0443. The molecule has 5 nitrogen and oxygen atoms in total. The second-order valence-corrected chi connectivity index (χ2v) is 7.12. The monoisotopic (exact) mass is 317 g/mol. The molecule has 1 heterocycles. The summed E-state index contributed by atoms with van der Waals surface area (Å²) in [7, 11) is -0.596. The maximum Gasteiger partial charge on any atom is 0.390 e. The molecule has 0 radical (unpaired) electrons. The Morgan fingerprint density at radius 2 is 2.23 bits per heavy atom. The zero-order valence-corrected chi connectivity index (χ0v) is 13.5. The van der Waals surface area contributed by atoms with Gasteiger partial charge in [0.15, 0.2) is 0 Å². The first kappa shape index (κ1) is 16.0. The number of hydrogen-bond donors (Lipinski definition) is 1. The first-order valence-corrected chi connectivity index (χ1v) is 8.42. The van der Waals surface area contributed by atoms with Crippen LogP contribution in [0.15, 0.2) is 24.4 Å². The summed E-state index contributed by atoms with van der Waals surface area (Å²) < 4.78 is 5.63. The molecule has 2 rings (SSSR count). The normalized spacial score (nSPS) is 11.3. The van der Waals surface area contributed by atoms with Gasteiger partial charge in [-0.25, -0.2) is 4.79 Å². The van der Waals surface area contributed by atoms with E-state index in [0.717, 1.165) is 5.56 Å². The number of nitriles is 1. The number of carbonyl (C=O) groups is 1. The van der Waals surface area contributed by atoms with Gasteiger partial charge < -0.3 is 9.84 Å². The van der Waals surface area contributed by atoms with Crippen molar-refractivity contribution in [3.63, 3.8) is 0 Å².